The van der Waals surface area contributed by atoms with E-state index in [-0.39, 0.29) is 0 Å². The molecule has 0 saturated heterocycles. The maximum absolute atomic E-state index is 2.50. The van der Waals surface area contributed by atoms with E-state index in [4.69, 9.17) is 0 Å². The largest absolute Gasteiger partial charge is 0.0793 e. The minimum atomic E-state index is 0.391. The van der Waals surface area contributed by atoms with Crippen LogP contribution in [0.15, 0.2) is 42.0 Å². The zero-order valence-electron chi connectivity index (χ0n) is 10.7. The van der Waals surface area contributed by atoms with E-state index < -0.39 is 0 Å². The van der Waals surface area contributed by atoms with E-state index in [1.165, 1.54) is 18.4 Å². The van der Waals surface area contributed by atoms with Gasteiger partial charge in [-0.05, 0) is 36.2 Å². The van der Waals surface area contributed by atoms with Gasteiger partial charge in [0, 0.05) is 0 Å². The first kappa shape index (κ1) is 11.4. The van der Waals surface area contributed by atoms with Crippen LogP contribution in [0.1, 0.15) is 39.2 Å². The number of hydrogen-bond donors (Lipinski definition) is 0. The summed E-state index contributed by atoms with van der Waals surface area (Å²) in [5.41, 5.74) is 3.45. The van der Waals surface area contributed by atoms with Crippen LogP contribution in [0.5, 0.6) is 0 Å². The molecule has 1 aromatic rings. The predicted molar refractivity (Wildman–Crippen MR) is 70.4 cm³/mol. The maximum Gasteiger partial charge on any atom is -0.00668 e. The molecule has 0 aromatic heterocycles. The molecule has 86 valence electrons. The van der Waals surface area contributed by atoms with Gasteiger partial charge < -0.3 is 0 Å². The molecular weight excluding hydrogens is 192 g/mol. The quantitative estimate of drug-likeness (QED) is 0.631. The summed E-state index contributed by atoms with van der Waals surface area (Å²) in [6.07, 6.45) is 6.23. The second-order valence-electron chi connectivity index (χ2n) is 5.97. The molecule has 1 aromatic carbocycles. The van der Waals surface area contributed by atoms with Gasteiger partial charge in [0.25, 0.3) is 0 Å². The minimum absolute atomic E-state index is 0.391. The molecule has 0 amide bonds. The van der Waals surface area contributed by atoms with E-state index in [1.807, 2.05) is 0 Å². The first-order chi connectivity index (χ1) is 7.55. The van der Waals surface area contributed by atoms with Crippen LogP contribution in [0.3, 0.4) is 0 Å². The van der Waals surface area contributed by atoms with Crippen LogP contribution in [-0.4, -0.2) is 0 Å². The maximum atomic E-state index is 2.50. The fourth-order valence-corrected chi connectivity index (χ4v) is 3.07. The van der Waals surface area contributed by atoms with Gasteiger partial charge in [-0.15, -0.1) is 0 Å². The summed E-state index contributed by atoms with van der Waals surface area (Å²) < 4.78 is 0. The molecule has 16 heavy (non-hydrogen) atoms. The lowest BCUT2D eigenvalue weighted by atomic mass is 9.73. The molecule has 2 rings (SSSR count). The molecule has 0 spiro atoms. The Morgan fingerprint density at radius 3 is 2.50 bits per heavy atom. The summed E-state index contributed by atoms with van der Waals surface area (Å²) in [5, 5.41) is 0. The highest BCUT2D eigenvalue weighted by Gasteiger charge is 2.24. The van der Waals surface area contributed by atoms with Crippen molar-refractivity contribution in [3.05, 3.63) is 47.5 Å². The monoisotopic (exact) mass is 214 g/mol. The van der Waals surface area contributed by atoms with Gasteiger partial charge in [0.1, 0.15) is 0 Å². The highest BCUT2D eigenvalue weighted by Crippen LogP contribution is 2.37. The average Bonchev–Trinajstić information content (AvgIpc) is 2.15. The van der Waals surface area contributed by atoms with E-state index in [9.17, 15) is 0 Å². The molecule has 1 aliphatic carbocycles. The predicted octanol–water partition coefficient (Wildman–Crippen LogP) is 4.61. The number of allylic oxidation sites excluding steroid dienone is 2. The molecule has 0 fully saturated rings. The summed E-state index contributed by atoms with van der Waals surface area (Å²) in [4.78, 5) is 0. The van der Waals surface area contributed by atoms with Crippen LogP contribution < -0.4 is 0 Å². The minimum Gasteiger partial charge on any atom is -0.0793 e. The van der Waals surface area contributed by atoms with Gasteiger partial charge in [0.2, 0.25) is 0 Å². The highest BCUT2D eigenvalue weighted by atomic mass is 14.3. The van der Waals surface area contributed by atoms with Gasteiger partial charge in [-0.25, -0.2) is 0 Å². The van der Waals surface area contributed by atoms with Crippen molar-refractivity contribution in [2.24, 2.45) is 11.3 Å². The van der Waals surface area contributed by atoms with Crippen molar-refractivity contribution in [1.82, 2.24) is 0 Å². The third-order valence-electron chi connectivity index (χ3n) is 3.35. The molecule has 0 N–H and O–H groups in total. The second kappa shape index (κ2) is 4.45. The fourth-order valence-electron chi connectivity index (χ4n) is 3.07. The fraction of sp³-hybridized carbons (Fsp3) is 0.500. The zero-order valence-corrected chi connectivity index (χ0v) is 10.7. The van der Waals surface area contributed by atoms with Crippen LogP contribution in [0.25, 0.3) is 0 Å². The van der Waals surface area contributed by atoms with Crippen molar-refractivity contribution in [3.8, 4) is 0 Å². The van der Waals surface area contributed by atoms with E-state index in [2.05, 4.69) is 57.2 Å². The summed E-state index contributed by atoms with van der Waals surface area (Å²) in [7, 11) is 0. The van der Waals surface area contributed by atoms with Crippen molar-refractivity contribution in [1.29, 1.82) is 0 Å². The molecule has 0 nitrogen and oxygen atoms in total. The molecule has 1 aliphatic rings. The van der Waals surface area contributed by atoms with Crippen LogP contribution in [0.4, 0.5) is 0 Å². The lowest BCUT2D eigenvalue weighted by Crippen LogP contribution is -2.19. The number of benzene rings is 1. The van der Waals surface area contributed by atoms with E-state index >= 15 is 0 Å². The van der Waals surface area contributed by atoms with Crippen molar-refractivity contribution in [2.45, 2.75) is 40.0 Å². The molecular formula is C16H22. The molecule has 1 atom stereocenters. The van der Waals surface area contributed by atoms with Crippen molar-refractivity contribution in [3.63, 3.8) is 0 Å². The molecule has 0 heterocycles. The van der Waals surface area contributed by atoms with E-state index in [1.54, 1.807) is 5.57 Å². The van der Waals surface area contributed by atoms with E-state index in [0.717, 1.165) is 12.3 Å². The normalized spacial score (nSPS) is 23.9. The van der Waals surface area contributed by atoms with E-state index in [0.29, 0.717) is 5.41 Å². The molecule has 0 radical (unpaired) electrons. The summed E-state index contributed by atoms with van der Waals surface area (Å²) >= 11 is 0. The van der Waals surface area contributed by atoms with Crippen molar-refractivity contribution >= 4 is 0 Å². The Hall–Kier alpha value is -1.04. The molecule has 0 heteroatoms. The van der Waals surface area contributed by atoms with Crippen molar-refractivity contribution in [2.75, 3.05) is 0 Å². The lowest BCUT2D eigenvalue weighted by Gasteiger charge is -2.32. The Morgan fingerprint density at radius 2 is 1.88 bits per heavy atom. The van der Waals surface area contributed by atoms with Gasteiger partial charge in [0.15, 0.2) is 0 Å². The Labute approximate surface area is 99.4 Å². The number of rotatable bonds is 2. The first-order valence-electron chi connectivity index (χ1n) is 6.30. The lowest BCUT2D eigenvalue weighted by molar-refractivity contribution is 0.320. The van der Waals surface area contributed by atoms with Gasteiger partial charge >= 0.3 is 0 Å². The molecule has 0 saturated carbocycles. The third kappa shape index (κ3) is 2.98. The Morgan fingerprint density at radius 1 is 1.19 bits per heavy atom. The summed E-state index contributed by atoms with van der Waals surface area (Å²) in [5.74, 6) is 0.832. The van der Waals surface area contributed by atoms with Gasteiger partial charge in [0.05, 0.1) is 0 Å². The molecule has 0 bridgehead atoms. The standard InChI is InChI=1S/C16H22/c1-13-9-15(12-16(2,3)11-13)10-14-7-5-4-6-8-14/h4-8,12-13H,9-11H2,1-3H3. The third-order valence-corrected chi connectivity index (χ3v) is 3.35. The SMILES string of the molecule is CC1CC(Cc2ccccc2)=CC(C)(C)C1. The van der Waals surface area contributed by atoms with Crippen molar-refractivity contribution < 1.29 is 0 Å². The van der Waals surface area contributed by atoms with Gasteiger partial charge in [-0.2, -0.15) is 0 Å². The Bertz CT molecular complexity index is 370. The Balaban J connectivity index is 2.13. The Kier molecular flexibility index (Phi) is 3.18. The van der Waals surface area contributed by atoms with Crippen LogP contribution >= 0.6 is 0 Å². The summed E-state index contributed by atoms with van der Waals surface area (Å²) in [6, 6.07) is 10.8. The van der Waals surface area contributed by atoms with Crippen LogP contribution in [0, 0.1) is 11.3 Å². The zero-order chi connectivity index (χ0) is 11.6. The van der Waals surface area contributed by atoms with Gasteiger partial charge in [-0.1, -0.05) is 62.8 Å². The summed E-state index contributed by atoms with van der Waals surface area (Å²) in [6.45, 7) is 7.08. The highest BCUT2D eigenvalue weighted by molar-refractivity contribution is 5.24. The number of hydrogen-bond acceptors (Lipinski definition) is 0. The smallest absolute Gasteiger partial charge is 0.00668 e. The topological polar surface area (TPSA) is 0 Å². The molecule has 1 unspecified atom stereocenters. The molecule has 0 aliphatic heterocycles. The van der Waals surface area contributed by atoms with Crippen LogP contribution in [0.2, 0.25) is 0 Å². The average molecular weight is 214 g/mol. The first-order valence-corrected chi connectivity index (χ1v) is 6.30. The van der Waals surface area contributed by atoms with Gasteiger partial charge in [-0.3, -0.25) is 0 Å². The van der Waals surface area contributed by atoms with Crippen LogP contribution in [-0.2, 0) is 6.42 Å². The second-order valence-corrected chi connectivity index (χ2v) is 5.97.